The Morgan fingerprint density at radius 2 is 1.79 bits per heavy atom. The minimum absolute atomic E-state index is 0.0123. The van der Waals surface area contributed by atoms with Gasteiger partial charge in [0.15, 0.2) is 9.84 Å². The maximum Gasteiger partial charge on any atom is 0.417 e. The first-order valence-corrected chi connectivity index (χ1v) is 10.6. The third-order valence-electron chi connectivity index (χ3n) is 3.79. The number of hydrogen-bond acceptors (Lipinski definition) is 5. The Bertz CT molecular complexity index is 998. The van der Waals surface area contributed by atoms with E-state index in [4.69, 9.17) is 5.26 Å². The van der Waals surface area contributed by atoms with Gasteiger partial charge in [-0.3, -0.25) is 0 Å². The fourth-order valence-electron chi connectivity index (χ4n) is 2.46. The largest absolute Gasteiger partial charge is 0.417 e. The van der Waals surface area contributed by atoms with E-state index in [0.29, 0.717) is 0 Å². The Morgan fingerprint density at radius 1 is 1.18 bits per heavy atom. The second-order valence-electron chi connectivity index (χ2n) is 6.43. The van der Waals surface area contributed by atoms with Gasteiger partial charge in [-0.25, -0.2) is 8.42 Å². The highest BCUT2D eigenvalue weighted by atomic mass is 127. The summed E-state index contributed by atoms with van der Waals surface area (Å²) in [4.78, 5) is 0.0471. The summed E-state index contributed by atoms with van der Waals surface area (Å²) >= 11 is 2.03. The standard InChI is InChI=1S/C18H16F3IN2O3S/c1-17(25,11-28(26,27)15-6-3-13(22)4-7-15)10-24-14-5-2-12(9-23)16(8-14)18(19,20)21/h2-8,24-25H,10-11H2,1H3. The van der Waals surface area contributed by atoms with E-state index in [9.17, 15) is 26.7 Å². The number of alkyl halides is 3. The Balaban J connectivity index is 2.15. The molecule has 0 bridgehead atoms. The van der Waals surface area contributed by atoms with Crippen molar-refractivity contribution >= 4 is 38.1 Å². The number of aliphatic hydroxyl groups is 1. The molecule has 5 nitrogen and oxygen atoms in total. The van der Waals surface area contributed by atoms with Crippen LogP contribution in [-0.2, 0) is 16.0 Å². The van der Waals surface area contributed by atoms with Crippen LogP contribution in [-0.4, -0.2) is 31.4 Å². The molecule has 0 saturated carbocycles. The van der Waals surface area contributed by atoms with Crippen molar-refractivity contribution in [3.63, 3.8) is 0 Å². The van der Waals surface area contributed by atoms with E-state index in [1.54, 1.807) is 12.1 Å². The van der Waals surface area contributed by atoms with Crippen molar-refractivity contribution in [3.05, 3.63) is 57.2 Å². The maximum atomic E-state index is 13.0. The van der Waals surface area contributed by atoms with Crippen molar-refractivity contribution in [2.75, 3.05) is 17.6 Å². The van der Waals surface area contributed by atoms with Crippen molar-refractivity contribution in [1.82, 2.24) is 0 Å². The highest BCUT2D eigenvalue weighted by Gasteiger charge is 2.34. The summed E-state index contributed by atoms with van der Waals surface area (Å²) in [6, 6.07) is 10.6. The van der Waals surface area contributed by atoms with Crippen LogP contribution in [0.4, 0.5) is 18.9 Å². The Hall–Kier alpha value is -1.84. The molecule has 0 aliphatic rings. The van der Waals surface area contributed by atoms with Crippen molar-refractivity contribution in [2.24, 2.45) is 0 Å². The molecule has 1 atom stereocenters. The molecule has 0 heterocycles. The zero-order valence-electron chi connectivity index (χ0n) is 14.6. The van der Waals surface area contributed by atoms with Gasteiger partial charge >= 0.3 is 6.18 Å². The SMILES string of the molecule is CC(O)(CNc1ccc(C#N)c(C(F)(F)F)c1)CS(=O)(=O)c1ccc(I)cc1. The number of halogens is 4. The van der Waals surface area contributed by atoms with E-state index < -0.39 is 38.5 Å². The van der Waals surface area contributed by atoms with Crippen LogP contribution in [0, 0.1) is 14.9 Å². The summed E-state index contributed by atoms with van der Waals surface area (Å²) in [5.74, 6) is -0.615. The highest BCUT2D eigenvalue weighted by molar-refractivity contribution is 14.1. The lowest BCUT2D eigenvalue weighted by Crippen LogP contribution is -2.40. The van der Waals surface area contributed by atoms with Crippen LogP contribution in [0.15, 0.2) is 47.4 Å². The lowest BCUT2D eigenvalue weighted by atomic mass is 10.1. The smallest absolute Gasteiger partial charge is 0.387 e. The van der Waals surface area contributed by atoms with E-state index in [0.717, 1.165) is 15.7 Å². The van der Waals surface area contributed by atoms with Gasteiger partial charge in [0.25, 0.3) is 0 Å². The molecular weight excluding hydrogens is 508 g/mol. The average Bonchev–Trinajstić information content (AvgIpc) is 2.58. The van der Waals surface area contributed by atoms with Crippen molar-refractivity contribution in [3.8, 4) is 6.07 Å². The number of benzene rings is 2. The van der Waals surface area contributed by atoms with Crippen LogP contribution in [0.3, 0.4) is 0 Å². The van der Waals surface area contributed by atoms with Crippen LogP contribution in [0.2, 0.25) is 0 Å². The van der Waals surface area contributed by atoms with E-state index in [-0.39, 0.29) is 17.1 Å². The first-order valence-electron chi connectivity index (χ1n) is 7.90. The van der Waals surface area contributed by atoms with Gasteiger partial charge in [0.2, 0.25) is 0 Å². The summed E-state index contributed by atoms with van der Waals surface area (Å²) < 4.78 is 64.8. The Morgan fingerprint density at radius 3 is 2.32 bits per heavy atom. The quantitative estimate of drug-likeness (QED) is 0.562. The van der Waals surface area contributed by atoms with E-state index in [2.05, 4.69) is 5.32 Å². The zero-order valence-corrected chi connectivity index (χ0v) is 17.6. The first-order chi connectivity index (χ1) is 12.8. The van der Waals surface area contributed by atoms with Gasteiger partial charge in [0.05, 0.1) is 33.4 Å². The summed E-state index contributed by atoms with van der Waals surface area (Å²) in [5, 5.41) is 21.9. The number of anilines is 1. The lowest BCUT2D eigenvalue weighted by molar-refractivity contribution is -0.137. The molecule has 0 aliphatic heterocycles. The molecule has 0 amide bonds. The number of sulfone groups is 1. The minimum Gasteiger partial charge on any atom is -0.387 e. The minimum atomic E-state index is -4.71. The summed E-state index contributed by atoms with van der Waals surface area (Å²) in [6.45, 7) is 0.971. The Kier molecular flexibility index (Phi) is 6.62. The van der Waals surface area contributed by atoms with Crippen molar-refractivity contribution in [1.29, 1.82) is 5.26 Å². The number of rotatable bonds is 6. The Labute approximate surface area is 174 Å². The summed E-state index contributed by atoms with van der Waals surface area (Å²) in [7, 11) is -3.80. The van der Waals surface area contributed by atoms with Gasteiger partial charge in [0.1, 0.15) is 0 Å². The van der Waals surface area contributed by atoms with Gasteiger partial charge in [-0.15, -0.1) is 0 Å². The number of nitrogens with one attached hydrogen (secondary N) is 1. The fourth-order valence-corrected chi connectivity index (χ4v) is 4.46. The molecule has 0 aromatic heterocycles. The molecule has 2 aromatic rings. The van der Waals surface area contributed by atoms with Gasteiger partial charge in [-0.1, -0.05) is 0 Å². The van der Waals surface area contributed by atoms with Gasteiger partial charge in [0, 0.05) is 15.8 Å². The topological polar surface area (TPSA) is 90.2 Å². The molecule has 0 aliphatic carbocycles. The predicted octanol–water partition coefficient (Wildman–Crippen LogP) is 3.82. The second kappa shape index (κ2) is 8.26. The zero-order chi connectivity index (χ0) is 21.2. The van der Waals surface area contributed by atoms with Crippen LogP contribution in [0.25, 0.3) is 0 Å². The molecule has 0 spiro atoms. The van der Waals surface area contributed by atoms with Crippen LogP contribution >= 0.6 is 22.6 Å². The molecular formula is C18H16F3IN2O3S. The van der Waals surface area contributed by atoms with Crippen LogP contribution in [0.5, 0.6) is 0 Å². The van der Waals surface area contributed by atoms with E-state index in [1.165, 1.54) is 31.2 Å². The molecule has 2 N–H and O–H groups in total. The van der Waals surface area contributed by atoms with Crippen LogP contribution in [0.1, 0.15) is 18.1 Å². The molecule has 150 valence electrons. The molecule has 0 fully saturated rings. The third-order valence-corrected chi connectivity index (χ3v) is 6.50. The van der Waals surface area contributed by atoms with E-state index in [1.807, 2.05) is 22.6 Å². The summed E-state index contributed by atoms with van der Waals surface area (Å²) in [6.07, 6.45) is -4.71. The maximum absolute atomic E-state index is 13.0. The monoisotopic (exact) mass is 524 g/mol. The van der Waals surface area contributed by atoms with Gasteiger partial charge in [-0.2, -0.15) is 18.4 Å². The number of nitrogens with zero attached hydrogens (tertiary/aromatic N) is 1. The van der Waals surface area contributed by atoms with Crippen molar-refractivity contribution < 1.29 is 26.7 Å². The van der Waals surface area contributed by atoms with E-state index >= 15 is 0 Å². The molecule has 28 heavy (non-hydrogen) atoms. The fraction of sp³-hybridized carbons (Fsp3) is 0.278. The summed E-state index contributed by atoms with van der Waals surface area (Å²) in [5.41, 5.74) is -3.36. The number of nitriles is 1. The molecule has 0 radical (unpaired) electrons. The second-order valence-corrected chi connectivity index (χ2v) is 9.67. The molecule has 0 saturated heterocycles. The predicted molar refractivity (Wildman–Crippen MR) is 106 cm³/mol. The van der Waals surface area contributed by atoms with Crippen LogP contribution < -0.4 is 5.32 Å². The molecule has 2 rings (SSSR count). The third kappa shape index (κ3) is 5.83. The van der Waals surface area contributed by atoms with Crippen molar-refractivity contribution in [2.45, 2.75) is 23.6 Å². The van der Waals surface area contributed by atoms with Gasteiger partial charge in [-0.05, 0) is 72.0 Å². The lowest BCUT2D eigenvalue weighted by Gasteiger charge is -2.24. The van der Waals surface area contributed by atoms with Gasteiger partial charge < -0.3 is 10.4 Å². The first kappa shape index (κ1) is 22.4. The molecule has 2 aromatic carbocycles. The molecule has 10 heteroatoms. The highest BCUT2D eigenvalue weighted by Crippen LogP contribution is 2.33. The normalized spacial score (nSPS) is 14.2. The number of hydrogen-bond donors (Lipinski definition) is 2. The average molecular weight is 524 g/mol. The molecule has 1 unspecified atom stereocenters.